The van der Waals surface area contributed by atoms with Crippen molar-refractivity contribution in [2.24, 2.45) is 10.7 Å². The maximum atomic E-state index is 14.3. The van der Waals surface area contributed by atoms with E-state index in [2.05, 4.69) is 14.9 Å². The van der Waals surface area contributed by atoms with Crippen molar-refractivity contribution in [2.75, 3.05) is 33.4 Å². The average Bonchev–Trinajstić information content (AvgIpc) is 2.91. The van der Waals surface area contributed by atoms with Gasteiger partial charge in [-0.2, -0.15) is 0 Å². The Morgan fingerprint density at radius 3 is 2.76 bits per heavy atom. The second kappa shape index (κ2) is 12.2. The number of aliphatic hydroxyl groups is 1. The van der Waals surface area contributed by atoms with Gasteiger partial charge < -0.3 is 25.5 Å². The molecule has 2 heterocycles. The van der Waals surface area contributed by atoms with E-state index in [0.717, 1.165) is 37.6 Å². The Balaban J connectivity index is 1.94. The first-order valence-corrected chi connectivity index (χ1v) is 11.2. The van der Waals surface area contributed by atoms with Gasteiger partial charge in [-0.25, -0.2) is 13.8 Å². The van der Waals surface area contributed by atoms with Crippen LogP contribution in [0.5, 0.6) is 5.75 Å². The van der Waals surface area contributed by atoms with Gasteiger partial charge in [0.1, 0.15) is 11.6 Å². The molecule has 0 spiro atoms. The van der Waals surface area contributed by atoms with Gasteiger partial charge in [0.25, 0.3) is 0 Å². The Bertz CT molecular complexity index is 1090. The van der Waals surface area contributed by atoms with Crippen LogP contribution in [0.2, 0.25) is 0 Å². The van der Waals surface area contributed by atoms with Crippen LogP contribution in [-0.2, 0) is 0 Å². The van der Waals surface area contributed by atoms with Crippen molar-refractivity contribution in [1.29, 1.82) is 0 Å². The number of aromatic amines is 1. The van der Waals surface area contributed by atoms with Crippen molar-refractivity contribution < 1.29 is 18.6 Å². The van der Waals surface area contributed by atoms with Gasteiger partial charge in [-0.15, -0.1) is 0 Å². The highest BCUT2D eigenvalue weighted by Crippen LogP contribution is 2.32. The molecule has 0 saturated carbocycles. The summed E-state index contributed by atoms with van der Waals surface area (Å²) in [6.07, 6.45) is 8.31. The summed E-state index contributed by atoms with van der Waals surface area (Å²) in [6.45, 7) is 4.41. The first-order chi connectivity index (χ1) is 16.4. The third-order valence-electron chi connectivity index (χ3n) is 5.71. The lowest BCUT2D eigenvalue weighted by molar-refractivity contribution is 0.165. The van der Waals surface area contributed by atoms with Crippen LogP contribution in [0.15, 0.2) is 47.9 Å². The van der Waals surface area contributed by atoms with E-state index in [9.17, 15) is 8.78 Å². The summed E-state index contributed by atoms with van der Waals surface area (Å²) in [4.78, 5) is 14.4. The molecule has 9 heteroatoms. The minimum absolute atomic E-state index is 0.0633. The molecule has 7 nitrogen and oxygen atoms in total. The van der Waals surface area contributed by atoms with Crippen molar-refractivity contribution in [3.63, 3.8) is 0 Å². The molecule has 182 valence electrons. The molecular formula is C25H31F2N5O2. The Morgan fingerprint density at radius 1 is 1.32 bits per heavy atom. The molecule has 0 radical (unpaired) electrons. The molecule has 1 aliphatic rings. The molecule has 2 aromatic rings. The highest BCUT2D eigenvalue weighted by atomic mass is 19.1. The number of hydrogen-bond acceptors (Lipinski definition) is 6. The van der Waals surface area contributed by atoms with E-state index in [1.807, 2.05) is 0 Å². The number of likely N-dealkylation sites (tertiary alicyclic amines) is 1. The average molecular weight is 472 g/mol. The smallest absolute Gasteiger partial charge is 0.168 e. The summed E-state index contributed by atoms with van der Waals surface area (Å²) >= 11 is 0. The summed E-state index contributed by atoms with van der Waals surface area (Å²) in [5.74, 6) is -0.983. The predicted octanol–water partition coefficient (Wildman–Crippen LogP) is 3.62. The molecule has 4 N–H and O–H groups in total. The van der Waals surface area contributed by atoms with E-state index < -0.39 is 11.6 Å². The number of halogens is 2. The Hall–Kier alpha value is -3.30. The number of aryl methyl sites for hydroxylation is 1. The second-order valence-corrected chi connectivity index (χ2v) is 8.04. The maximum Gasteiger partial charge on any atom is 0.168 e. The molecule has 3 rings (SSSR count). The second-order valence-electron chi connectivity index (χ2n) is 8.04. The standard InChI is InChI=1S/C25H31F2N5O2/c1-17-29-14-18(20(13-28)16-31-22-5-7-32(8-6-22)9-10-33)3-4-19(15-30-17)23-11-21(26)12-24(27)25(23)34-2/h3-4,11-16,22,33H,5-10,28H2,1-2H3,(H,29,30). The predicted molar refractivity (Wildman–Crippen MR) is 130 cm³/mol. The van der Waals surface area contributed by atoms with Crippen LogP contribution in [0.1, 0.15) is 24.2 Å². The molecule has 1 fully saturated rings. The number of allylic oxidation sites excluding steroid dienone is 1. The summed E-state index contributed by atoms with van der Waals surface area (Å²) in [7, 11) is 1.33. The van der Waals surface area contributed by atoms with E-state index >= 15 is 0 Å². The number of H-pyrrole nitrogens is 1. The maximum absolute atomic E-state index is 14.3. The lowest BCUT2D eigenvalue weighted by atomic mass is 10.0. The largest absolute Gasteiger partial charge is 0.493 e. The zero-order valence-electron chi connectivity index (χ0n) is 19.5. The van der Waals surface area contributed by atoms with Gasteiger partial charge in [-0.05, 0) is 25.8 Å². The van der Waals surface area contributed by atoms with Gasteiger partial charge in [0.2, 0.25) is 0 Å². The highest BCUT2D eigenvalue weighted by Gasteiger charge is 2.17. The van der Waals surface area contributed by atoms with Gasteiger partial charge in [0.15, 0.2) is 11.6 Å². The van der Waals surface area contributed by atoms with E-state index in [1.165, 1.54) is 25.6 Å². The van der Waals surface area contributed by atoms with Gasteiger partial charge in [0, 0.05) is 72.8 Å². The fourth-order valence-corrected chi connectivity index (χ4v) is 3.81. The molecular weight excluding hydrogens is 440 g/mol. The van der Waals surface area contributed by atoms with Crippen LogP contribution in [0, 0.1) is 18.6 Å². The van der Waals surface area contributed by atoms with Crippen LogP contribution in [0.4, 0.5) is 8.78 Å². The van der Waals surface area contributed by atoms with E-state index in [-0.39, 0.29) is 24.0 Å². The van der Waals surface area contributed by atoms with E-state index in [1.54, 1.807) is 31.5 Å². The third-order valence-corrected chi connectivity index (χ3v) is 5.71. The van der Waals surface area contributed by atoms with Crippen molar-refractivity contribution in [3.8, 4) is 16.9 Å². The Labute approximate surface area is 198 Å². The fraction of sp³-hybridized carbons (Fsp3) is 0.360. The summed E-state index contributed by atoms with van der Waals surface area (Å²) in [5, 5.41) is 9.10. The zero-order valence-corrected chi connectivity index (χ0v) is 19.5. The molecule has 0 amide bonds. The van der Waals surface area contributed by atoms with Crippen LogP contribution < -0.4 is 10.5 Å². The number of ether oxygens (including phenoxy) is 1. The van der Waals surface area contributed by atoms with E-state index in [4.69, 9.17) is 20.6 Å². The molecule has 0 bridgehead atoms. The number of hydrogen-bond donors (Lipinski definition) is 3. The van der Waals surface area contributed by atoms with Gasteiger partial charge >= 0.3 is 0 Å². The number of nitrogens with zero attached hydrogens (tertiary/aromatic N) is 3. The topological polar surface area (TPSA) is 99.8 Å². The SMILES string of the molecule is COc1c(F)cc(F)cc1-c1ccc(C(C=NC2CCN(CCO)CC2)=CN)c[nH]c(C)nc1. The molecule has 1 aromatic carbocycles. The normalized spacial score (nSPS) is 15.5. The first-order valence-electron chi connectivity index (χ1n) is 11.2. The Morgan fingerprint density at radius 2 is 2.09 bits per heavy atom. The molecule has 0 atom stereocenters. The van der Waals surface area contributed by atoms with Crippen LogP contribution in [0.25, 0.3) is 16.7 Å². The zero-order chi connectivity index (χ0) is 24.5. The molecule has 34 heavy (non-hydrogen) atoms. The minimum Gasteiger partial charge on any atom is -0.493 e. The summed E-state index contributed by atoms with van der Waals surface area (Å²) in [5.41, 5.74) is 8.04. The van der Waals surface area contributed by atoms with E-state index in [0.29, 0.717) is 23.5 Å². The summed E-state index contributed by atoms with van der Waals surface area (Å²) < 4.78 is 33.4. The number of nitrogens with one attached hydrogen (secondary N) is 1. The lowest BCUT2D eigenvalue weighted by Crippen LogP contribution is -2.37. The minimum atomic E-state index is -0.791. The number of β-amino-alcohol motifs (C(OH)–C–C–N with tert-alkyl or cyclic N) is 1. The fourth-order valence-electron chi connectivity index (χ4n) is 3.81. The van der Waals surface area contributed by atoms with Gasteiger partial charge in [-0.3, -0.25) is 4.99 Å². The lowest BCUT2D eigenvalue weighted by Gasteiger charge is -2.29. The molecule has 1 aromatic heterocycles. The number of rotatable bonds is 7. The Kier molecular flexibility index (Phi) is 9.12. The van der Waals surface area contributed by atoms with Crippen LogP contribution in [0.3, 0.4) is 0 Å². The van der Waals surface area contributed by atoms with Gasteiger partial charge in [-0.1, -0.05) is 12.1 Å². The number of benzene rings is 1. The monoisotopic (exact) mass is 471 g/mol. The third kappa shape index (κ3) is 6.61. The van der Waals surface area contributed by atoms with Crippen LogP contribution in [-0.4, -0.2) is 65.6 Å². The van der Waals surface area contributed by atoms with Crippen molar-refractivity contribution in [3.05, 3.63) is 65.9 Å². The van der Waals surface area contributed by atoms with Crippen molar-refractivity contribution in [1.82, 2.24) is 14.9 Å². The van der Waals surface area contributed by atoms with Gasteiger partial charge in [0.05, 0.1) is 19.8 Å². The number of methoxy groups -OCH3 is 1. The quantitative estimate of drug-likeness (QED) is 0.536. The number of nitrogens with two attached hydrogens (primary N) is 1. The van der Waals surface area contributed by atoms with Crippen molar-refractivity contribution >= 4 is 11.8 Å². The summed E-state index contributed by atoms with van der Waals surface area (Å²) in [6, 6.07) is 5.66. The number of piperidine rings is 1. The molecule has 1 aliphatic heterocycles. The number of aromatic nitrogens is 2. The van der Waals surface area contributed by atoms with Crippen LogP contribution >= 0.6 is 0 Å². The molecule has 0 aliphatic carbocycles. The molecule has 1 saturated heterocycles. The number of aliphatic hydroxyl groups excluding tert-OH is 1. The van der Waals surface area contributed by atoms with Crippen molar-refractivity contribution in [2.45, 2.75) is 25.8 Å². The highest BCUT2D eigenvalue weighted by molar-refractivity contribution is 6.09. The molecule has 0 unspecified atom stereocenters. The first kappa shape index (κ1) is 25.3. The number of aliphatic imine (C=N–C) groups is 1.